The van der Waals surface area contributed by atoms with Crippen LogP contribution in [0.15, 0.2) is 30.3 Å². The summed E-state index contributed by atoms with van der Waals surface area (Å²) >= 11 is 0. The van der Waals surface area contributed by atoms with Crippen LogP contribution in [-0.2, 0) is 14.3 Å². The molecule has 0 aliphatic heterocycles. The second-order valence-corrected chi connectivity index (χ2v) is 4.94. The van der Waals surface area contributed by atoms with Crippen molar-refractivity contribution < 1.29 is 19.4 Å². The van der Waals surface area contributed by atoms with E-state index >= 15 is 0 Å². The van der Waals surface area contributed by atoms with E-state index in [9.17, 15) is 9.59 Å². The Balaban J connectivity index is 2.64. The molecule has 0 bridgehead atoms. The van der Waals surface area contributed by atoms with E-state index in [1.165, 1.54) is 0 Å². The largest absolute Gasteiger partial charge is 0.481 e. The third-order valence-corrected chi connectivity index (χ3v) is 3.13. The molecule has 5 nitrogen and oxygen atoms in total. The molecule has 0 saturated carbocycles. The summed E-state index contributed by atoms with van der Waals surface area (Å²) in [7, 11) is 0. The molecule has 2 atom stereocenters. The van der Waals surface area contributed by atoms with Crippen molar-refractivity contribution in [2.75, 3.05) is 6.61 Å². The molecule has 1 aromatic rings. The number of benzene rings is 1. The lowest BCUT2D eigenvalue weighted by molar-refractivity contribution is -0.138. The second-order valence-electron chi connectivity index (χ2n) is 4.94. The first kappa shape index (κ1) is 17.2. The van der Waals surface area contributed by atoms with E-state index in [1.807, 2.05) is 25.1 Å². The van der Waals surface area contributed by atoms with Crippen molar-refractivity contribution in [3.05, 3.63) is 35.9 Å². The van der Waals surface area contributed by atoms with Gasteiger partial charge in [-0.1, -0.05) is 43.7 Å². The number of hydrogen-bond donors (Lipinski definition) is 2. The summed E-state index contributed by atoms with van der Waals surface area (Å²) in [5, 5.41) is 11.7. The average Bonchev–Trinajstić information content (AvgIpc) is 2.47. The van der Waals surface area contributed by atoms with Crippen LogP contribution in [0, 0.1) is 0 Å². The molecule has 0 saturated heterocycles. The topological polar surface area (TPSA) is 75.6 Å². The van der Waals surface area contributed by atoms with Gasteiger partial charge in [0.1, 0.15) is 6.10 Å². The highest BCUT2D eigenvalue weighted by Crippen LogP contribution is 2.16. The second kappa shape index (κ2) is 9.13. The van der Waals surface area contributed by atoms with E-state index in [2.05, 4.69) is 5.32 Å². The minimum Gasteiger partial charge on any atom is -0.481 e. The van der Waals surface area contributed by atoms with Gasteiger partial charge in [0.05, 0.1) is 12.5 Å². The fourth-order valence-electron chi connectivity index (χ4n) is 1.88. The van der Waals surface area contributed by atoms with Gasteiger partial charge in [0, 0.05) is 6.61 Å². The summed E-state index contributed by atoms with van der Waals surface area (Å²) < 4.78 is 5.43. The Bertz CT molecular complexity index is 447. The Labute approximate surface area is 125 Å². The first-order valence-electron chi connectivity index (χ1n) is 7.23. The monoisotopic (exact) mass is 293 g/mol. The number of hydrogen-bond acceptors (Lipinski definition) is 3. The predicted octanol–water partition coefficient (Wildman–Crippen LogP) is 2.52. The summed E-state index contributed by atoms with van der Waals surface area (Å²) in [4.78, 5) is 23.0. The molecule has 0 aliphatic rings. The fraction of sp³-hybridized carbons (Fsp3) is 0.500. The van der Waals surface area contributed by atoms with Crippen LogP contribution in [0.3, 0.4) is 0 Å². The number of amides is 1. The summed E-state index contributed by atoms with van der Waals surface area (Å²) in [6, 6.07) is 8.54. The van der Waals surface area contributed by atoms with Crippen LogP contribution >= 0.6 is 0 Å². The predicted molar refractivity (Wildman–Crippen MR) is 79.9 cm³/mol. The number of nitrogens with one attached hydrogen (secondary N) is 1. The van der Waals surface area contributed by atoms with Gasteiger partial charge in [0.2, 0.25) is 5.91 Å². The average molecular weight is 293 g/mol. The van der Waals surface area contributed by atoms with Gasteiger partial charge in [-0.05, 0) is 18.9 Å². The first-order chi connectivity index (χ1) is 10.0. The molecule has 0 radical (unpaired) electrons. The molecule has 1 amide bonds. The van der Waals surface area contributed by atoms with Crippen molar-refractivity contribution in [2.45, 2.75) is 45.3 Å². The van der Waals surface area contributed by atoms with Crippen LogP contribution in [0.4, 0.5) is 0 Å². The van der Waals surface area contributed by atoms with Gasteiger partial charge in [0.25, 0.3) is 0 Å². The molecule has 21 heavy (non-hydrogen) atoms. The smallest absolute Gasteiger partial charge is 0.305 e. The van der Waals surface area contributed by atoms with Crippen molar-refractivity contribution in [2.24, 2.45) is 0 Å². The summed E-state index contributed by atoms with van der Waals surface area (Å²) in [5.74, 6) is -1.25. The standard InChI is InChI=1S/C16H23NO4/c1-3-4-10-21-12(2)16(20)17-14(11-15(18)19)13-8-6-5-7-9-13/h5-9,12,14H,3-4,10-11H2,1-2H3,(H,17,20)(H,18,19). The lowest BCUT2D eigenvalue weighted by Crippen LogP contribution is -2.38. The zero-order chi connectivity index (χ0) is 15.7. The molecule has 0 heterocycles. The minimum atomic E-state index is -0.955. The van der Waals surface area contributed by atoms with E-state index in [0.29, 0.717) is 6.61 Å². The van der Waals surface area contributed by atoms with E-state index in [0.717, 1.165) is 18.4 Å². The Morgan fingerprint density at radius 1 is 1.29 bits per heavy atom. The highest BCUT2D eigenvalue weighted by atomic mass is 16.5. The van der Waals surface area contributed by atoms with Crippen LogP contribution in [-0.4, -0.2) is 29.7 Å². The van der Waals surface area contributed by atoms with Crippen LogP contribution in [0.5, 0.6) is 0 Å². The van der Waals surface area contributed by atoms with Gasteiger partial charge in [-0.2, -0.15) is 0 Å². The number of unbranched alkanes of at least 4 members (excludes halogenated alkanes) is 1. The van der Waals surface area contributed by atoms with Crippen LogP contribution < -0.4 is 5.32 Å². The highest BCUT2D eigenvalue weighted by molar-refractivity contribution is 5.81. The Morgan fingerprint density at radius 2 is 1.95 bits per heavy atom. The van der Waals surface area contributed by atoms with Crippen molar-refractivity contribution in [3.63, 3.8) is 0 Å². The normalized spacial score (nSPS) is 13.4. The maximum Gasteiger partial charge on any atom is 0.305 e. The van der Waals surface area contributed by atoms with Gasteiger partial charge in [-0.15, -0.1) is 0 Å². The molecule has 0 aliphatic carbocycles. The van der Waals surface area contributed by atoms with E-state index in [1.54, 1.807) is 19.1 Å². The van der Waals surface area contributed by atoms with Crippen LogP contribution in [0.1, 0.15) is 44.7 Å². The minimum absolute atomic E-state index is 0.155. The molecule has 1 rings (SSSR count). The van der Waals surface area contributed by atoms with Gasteiger partial charge in [0.15, 0.2) is 0 Å². The maximum atomic E-state index is 12.1. The molecule has 0 spiro atoms. The summed E-state index contributed by atoms with van der Waals surface area (Å²) in [6.45, 7) is 4.25. The molecule has 0 aromatic heterocycles. The molecule has 1 aromatic carbocycles. The lowest BCUT2D eigenvalue weighted by atomic mass is 10.0. The number of carboxylic acids is 1. The van der Waals surface area contributed by atoms with Crippen molar-refractivity contribution in [1.29, 1.82) is 0 Å². The fourth-order valence-corrected chi connectivity index (χ4v) is 1.88. The Kier molecular flexibility index (Phi) is 7.46. The Morgan fingerprint density at radius 3 is 2.52 bits per heavy atom. The molecule has 2 unspecified atom stereocenters. The van der Waals surface area contributed by atoms with Crippen molar-refractivity contribution in [3.8, 4) is 0 Å². The van der Waals surface area contributed by atoms with Crippen molar-refractivity contribution in [1.82, 2.24) is 5.32 Å². The quantitative estimate of drug-likeness (QED) is 0.686. The van der Waals surface area contributed by atoms with E-state index in [4.69, 9.17) is 9.84 Å². The third kappa shape index (κ3) is 6.40. The number of carboxylic acid groups (broad SMARTS) is 1. The maximum absolute atomic E-state index is 12.1. The van der Waals surface area contributed by atoms with Gasteiger partial charge in [-0.25, -0.2) is 0 Å². The van der Waals surface area contributed by atoms with Gasteiger partial charge in [-0.3, -0.25) is 9.59 Å². The summed E-state index contributed by atoms with van der Waals surface area (Å²) in [5.41, 5.74) is 0.772. The van der Waals surface area contributed by atoms with Gasteiger partial charge >= 0.3 is 5.97 Å². The zero-order valence-electron chi connectivity index (χ0n) is 12.5. The zero-order valence-corrected chi connectivity index (χ0v) is 12.5. The number of rotatable bonds is 9. The molecular formula is C16H23NO4. The molecular weight excluding hydrogens is 270 g/mol. The van der Waals surface area contributed by atoms with E-state index < -0.39 is 18.1 Å². The molecule has 5 heteroatoms. The molecule has 2 N–H and O–H groups in total. The van der Waals surface area contributed by atoms with Crippen LogP contribution in [0.25, 0.3) is 0 Å². The lowest BCUT2D eigenvalue weighted by Gasteiger charge is -2.20. The third-order valence-electron chi connectivity index (χ3n) is 3.13. The highest BCUT2D eigenvalue weighted by Gasteiger charge is 2.21. The number of carbonyl (C=O) groups is 2. The van der Waals surface area contributed by atoms with Gasteiger partial charge < -0.3 is 15.2 Å². The first-order valence-corrected chi connectivity index (χ1v) is 7.23. The SMILES string of the molecule is CCCCOC(C)C(=O)NC(CC(=O)O)c1ccccc1. The molecule has 116 valence electrons. The number of carbonyl (C=O) groups excluding carboxylic acids is 1. The van der Waals surface area contributed by atoms with Crippen LogP contribution in [0.2, 0.25) is 0 Å². The molecule has 0 fully saturated rings. The number of aliphatic carboxylic acids is 1. The number of ether oxygens (including phenoxy) is 1. The van der Waals surface area contributed by atoms with Crippen molar-refractivity contribution >= 4 is 11.9 Å². The Hall–Kier alpha value is -1.88. The summed E-state index contributed by atoms with van der Waals surface area (Å²) in [6.07, 6.45) is 1.16. The van der Waals surface area contributed by atoms with E-state index in [-0.39, 0.29) is 12.3 Å².